The fourth-order valence-electron chi connectivity index (χ4n) is 4.23. The van der Waals surface area contributed by atoms with Crippen LogP contribution in [0.1, 0.15) is 41.6 Å². The van der Waals surface area contributed by atoms with Crippen LogP contribution < -0.4 is 0 Å². The Hall–Kier alpha value is -2.70. The van der Waals surface area contributed by atoms with E-state index < -0.39 is 17.2 Å². The maximum absolute atomic E-state index is 13.5. The number of aromatic nitrogens is 1. The van der Waals surface area contributed by atoms with Crippen molar-refractivity contribution in [1.29, 1.82) is 0 Å². The fraction of sp³-hybridized carbons (Fsp3) is 0.381. The van der Waals surface area contributed by atoms with E-state index in [1.165, 1.54) is 0 Å². The van der Waals surface area contributed by atoms with Crippen LogP contribution in [0.15, 0.2) is 42.6 Å². The highest BCUT2D eigenvalue weighted by atomic mass is 19.4. The Labute approximate surface area is 160 Å². The maximum atomic E-state index is 13.5. The molecule has 1 saturated carbocycles. The Bertz CT molecular complexity index is 927. The smallest absolute Gasteiger partial charge is 0.337 e. The van der Waals surface area contributed by atoms with Crippen molar-refractivity contribution in [1.82, 2.24) is 9.88 Å². The summed E-state index contributed by atoms with van der Waals surface area (Å²) in [7, 11) is 0. The van der Waals surface area contributed by atoms with Crippen LogP contribution in [0, 0.1) is 0 Å². The molecule has 1 aromatic carbocycles. The summed E-state index contributed by atoms with van der Waals surface area (Å²) < 4.78 is 39.1. The molecule has 1 unspecified atom stereocenters. The predicted molar refractivity (Wildman–Crippen MR) is 95.3 cm³/mol. The summed E-state index contributed by atoms with van der Waals surface area (Å²) >= 11 is 0. The van der Waals surface area contributed by atoms with E-state index in [2.05, 4.69) is 4.98 Å². The zero-order valence-electron chi connectivity index (χ0n) is 15.1. The third-order valence-corrected chi connectivity index (χ3v) is 5.72. The Morgan fingerprint density at radius 1 is 1.14 bits per heavy atom. The second-order valence-corrected chi connectivity index (χ2v) is 7.47. The van der Waals surface area contributed by atoms with E-state index in [1.54, 1.807) is 4.90 Å². The molecule has 2 aromatic rings. The van der Waals surface area contributed by atoms with E-state index in [0.29, 0.717) is 37.1 Å². The lowest BCUT2D eigenvalue weighted by Gasteiger charge is -2.37. The van der Waals surface area contributed by atoms with Crippen molar-refractivity contribution in [2.24, 2.45) is 0 Å². The van der Waals surface area contributed by atoms with Crippen molar-refractivity contribution >= 4 is 11.7 Å². The van der Waals surface area contributed by atoms with Gasteiger partial charge in [-0.15, -0.1) is 0 Å². The summed E-state index contributed by atoms with van der Waals surface area (Å²) in [6, 6.07) is 10.3. The first-order valence-corrected chi connectivity index (χ1v) is 9.21. The van der Waals surface area contributed by atoms with Crippen LogP contribution in [-0.4, -0.2) is 28.1 Å². The van der Waals surface area contributed by atoms with Gasteiger partial charge in [0.05, 0.1) is 11.0 Å². The molecule has 1 aliphatic heterocycles. The Morgan fingerprint density at radius 3 is 2.54 bits per heavy atom. The number of hydrogen-bond donors (Lipinski definition) is 0. The first-order valence-electron chi connectivity index (χ1n) is 9.21. The number of ketones is 1. The summed E-state index contributed by atoms with van der Waals surface area (Å²) in [6.45, 7) is 0.459. The largest absolute Gasteiger partial charge is 0.417 e. The van der Waals surface area contributed by atoms with Crippen LogP contribution in [0.4, 0.5) is 13.2 Å². The van der Waals surface area contributed by atoms with Gasteiger partial charge in [0, 0.05) is 44.2 Å². The van der Waals surface area contributed by atoms with Crippen LogP contribution in [0.3, 0.4) is 0 Å². The van der Waals surface area contributed by atoms with Gasteiger partial charge in [0.15, 0.2) is 0 Å². The standard InChI is InChI=1S/C21H19F3N2O2/c22-21(23,24)16-10-14-13-26(9-7-18(14)25-12-16)19(28)20(8-6-17(27)11-20)15-4-2-1-3-5-15/h1-5,10,12H,6-9,11,13H2. The molecule has 1 aromatic heterocycles. The van der Waals surface area contributed by atoms with Gasteiger partial charge in [-0.1, -0.05) is 30.3 Å². The van der Waals surface area contributed by atoms with E-state index in [0.717, 1.165) is 17.8 Å². The molecular formula is C21H19F3N2O2. The number of amides is 1. The van der Waals surface area contributed by atoms with E-state index in [9.17, 15) is 22.8 Å². The van der Waals surface area contributed by atoms with Crippen molar-refractivity contribution in [2.45, 2.75) is 43.8 Å². The topological polar surface area (TPSA) is 50.3 Å². The quantitative estimate of drug-likeness (QED) is 0.789. The van der Waals surface area contributed by atoms with Crippen molar-refractivity contribution in [2.75, 3.05) is 6.54 Å². The first-order chi connectivity index (χ1) is 13.3. The van der Waals surface area contributed by atoms with Gasteiger partial charge in [-0.2, -0.15) is 13.2 Å². The average molecular weight is 388 g/mol. The van der Waals surface area contributed by atoms with Crippen molar-refractivity contribution in [3.63, 3.8) is 0 Å². The average Bonchev–Trinajstić information content (AvgIpc) is 3.09. The van der Waals surface area contributed by atoms with Crippen molar-refractivity contribution in [3.05, 3.63) is 65.0 Å². The highest BCUT2D eigenvalue weighted by Gasteiger charge is 2.48. The maximum Gasteiger partial charge on any atom is 0.417 e. The molecule has 1 aliphatic carbocycles. The molecule has 0 saturated heterocycles. The zero-order chi connectivity index (χ0) is 19.9. The van der Waals surface area contributed by atoms with Crippen molar-refractivity contribution < 1.29 is 22.8 Å². The summed E-state index contributed by atoms with van der Waals surface area (Å²) in [5.41, 5.74) is 0.0636. The van der Waals surface area contributed by atoms with Crippen LogP contribution in [0.2, 0.25) is 0 Å². The van der Waals surface area contributed by atoms with Gasteiger partial charge in [0.25, 0.3) is 0 Å². The Morgan fingerprint density at radius 2 is 1.89 bits per heavy atom. The van der Waals surface area contributed by atoms with E-state index in [4.69, 9.17) is 0 Å². The number of Topliss-reactive ketones (excluding diaryl/α,β-unsaturated/α-hetero) is 1. The minimum atomic E-state index is -4.47. The molecular weight excluding hydrogens is 369 g/mol. The van der Waals surface area contributed by atoms with E-state index >= 15 is 0 Å². The number of benzene rings is 1. The SMILES string of the molecule is O=C1CCC(C(=O)N2CCc3ncc(C(F)(F)F)cc3C2)(c2ccccc2)C1. The number of carbonyl (C=O) groups is 2. The lowest BCUT2D eigenvalue weighted by molar-refractivity contribution is -0.139. The first kappa shape index (κ1) is 18.7. The minimum absolute atomic E-state index is 0.0376. The van der Waals surface area contributed by atoms with E-state index in [1.807, 2.05) is 30.3 Å². The summed E-state index contributed by atoms with van der Waals surface area (Å²) in [5.74, 6) is -0.150. The molecule has 2 aliphatic rings. The molecule has 1 amide bonds. The van der Waals surface area contributed by atoms with Gasteiger partial charge in [-0.3, -0.25) is 14.6 Å². The molecule has 146 valence electrons. The van der Waals surface area contributed by atoms with Crippen molar-refractivity contribution in [3.8, 4) is 0 Å². The monoisotopic (exact) mass is 388 g/mol. The molecule has 4 rings (SSSR count). The number of hydrogen-bond acceptors (Lipinski definition) is 3. The molecule has 1 atom stereocenters. The van der Waals surface area contributed by atoms with Crippen LogP contribution in [-0.2, 0) is 34.1 Å². The van der Waals surface area contributed by atoms with Crippen LogP contribution in [0.25, 0.3) is 0 Å². The molecule has 0 spiro atoms. The third-order valence-electron chi connectivity index (χ3n) is 5.72. The predicted octanol–water partition coefficient (Wildman–Crippen LogP) is 3.68. The fourth-order valence-corrected chi connectivity index (χ4v) is 4.23. The van der Waals surface area contributed by atoms with Crippen LogP contribution in [0.5, 0.6) is 0 Å². The number of alkyl halides is 3. The highest BCUT2D eigenvalue weighted by molar-refractivity contribution is 5.97. The number of nitrogens with zero attached hydrogens (tertiary/aromatic N) is 2. The van der Waals surface area contributed by atoms with Gasteiger partial charge in [-0.25, -0.2) is 0 Å². The molecule has 2 heterocycles. The number of fused-ring (bicyclic) bond motifs is 1. The van der Waals surface area contributed by atoms with Gasteiger partial charge in [0.2, 0.25) is 5.91 Å². The lowest BCUT2D eigenvalue weighted by Crippen LogP contribution is -2.47. The normalized spacial score (nSPS) is 22.2. The molecule has 0 bridgehead atoms. The number of pyridine rings is 1. The summed E-state index contributed by atoms with van der Waals surface area (Å²) in [6.07, 6.45) is -2.32. The second kappa shape index (κ2) is 6.72. The zero-order valence-corrected chi connectivity index (χ0v) is 15.1. The van der Waals surface area contributed by atoms with Gasteiger partial charge in [0.1, 0.15) is 5.78 Å². The van der Waals surface area contributed by atoms with Gasteiger partial charge >= 0.3 is 6.18 Å². The summed E-state index contributed by atoms with van der Waals surface area (Å²) in [4.78, 5) is 31.1. The third kappa shape index (κ3) is 3.19. The lowest BCUT2D eigenvalue weighted by atomic mass is 9.77. The number of halogens is 3. The molecule has 4 nitrogen and oxygen atoms in total. The summed E-state index contributed by atoms with van der Waals surface area (Å²) in [5, 5.41) is 0. The molecule has 7 heteroatoms. The Kier molecular flexibility index (Phi) is 4.48. The number of rotatable bonds is 2. The Balaban J connectivity index is 1.66. The molecule has 0 radical (unpaired) electrons. The van der Waals surface area contributed by atoms with Gasteiger partial charge in [-0.05, 0) is 23.6 Å². The molecule has 1 fully saturated rings. The number of carbonyl (C=O) groups excluding carboxylic acids is 2. The molecule has 28 heavy (non-hydrogen) atoms. The van der Waals surface area contributed by atoms with Gasteiger partial charge < -0.3 is 4.90 Å². The van der Waals surface area contributed by atoms with E-state index in [-0.39, 0.29) is 24.7 Å². The highest BCUT2D eigenvalue weighted by Crippen LogP contribution is 2.42. The molecule has 0 N–H and O–H groups in total. The second-order valence-electron chi connectivity index (χ2n) is 7.47. The van der Waals surface area contributed by atoms with Crippen LogP contribution >= 0.6 is 0 Å². The minimum Gasteiger partial charge on any atom is -0.337 e.